The van der Waals surface area contributed by atoms with Gasteiger partial charge in [-0.15, -0.1) is 0 Å². The Morgan fingerprint density at radius 3 is 2.68 bits per heavy atom. The van der Waals surface area contributed by atoms with Crippen molar-refractivity contribution in [2.75, 3.05) is 0 Å². The van der Waals surface area contributed by atoms with Gasteiger partial charge in [-0.3, -0.25) is 4.68 Å². The zero-order chi connectivity index (χ0) is 13.6. The Morgan fingerprint density at radius 1 is 1.26 bits per heavy atom. The predicted molar refractivity (Wildman–Crippen MR) is 67.3 cm³/mol. The first-order chi connectivity index (χ1) is 9.08. The van der Waals surface area contributed by atoms with E-state index in [1.165, 1.54) is 6.20 Å². The molecule has 0 spiro atoms. The molecule has 3 aromatic heterocycles. The number of carbonyl (C=O) groups is 1. The minimum Gasteiger partial charge on any atom is -0.478 e. The second kappa shape index (κ2) is 3.91. The highest BCUT2D eigenvalue weighted by molar-refractivity contribution is 5.99. The fraction of sp³-hybridized carbons (Fsp3) is 0.167. The van der Waals surface area contributed by atoms with E-state index in [1.807, 2.05) is 6.92 Å². The van der Waals surface area contributed by atoms with Crippen molar-refractivity contribution in [3.63, 3.8) is 0 Å². The number of aryl methyl sites for hydroxylation is 2. The lowest BCUT2D eigenvalue weighted by atomic mass is 10.2. The summed E-state index contributed by atoms with van der Waals surface area (Å²) in [5.41, 5.74) is 2.15. The minimum absolute atomic E-state index is 0.101. The third-order valence-electron chi connectivity index (χ3n) is 2.90. The van der Waals surface area contributed by atoms with Gasteiger partial charge in [0.25, 0.3) is 0 Å². The van der Waals surface area contributed by atoms with Crippen LogP contribution in [0.2, 0.25) is 0 Å². The van der Waals surface area contributed by atoms with Crippen molar-refractivity contribution in [3.8, 4) is 5.69 Å². The molecule has 0 atom stereocenters. The van der Waals surface area contributed by atoms with Crippen molar-refractivity contribution in [3.05, 3.63) is 35.9 Å². The zero-order valence-electron chi connectivity index (χ0n) is 10.4. The van der Waals surface area contributed by atoms with E-state index in [-0.39, 0.29) is 5.56 Å². The first-order valence-electron chi connectivity index (χ1n) is 5.63. The van der Waals surface area contributed by atoms with Gasteiger partial charge >= 0.3 is 5.97 Å². The van der Waals surface area contributed by atoms with E-state index < -0.39 is 5.97 Å². The molecule has 0 amide bonds. The van der Waals surface area contributed by atoms with E-state index in [4.69, 9.17) is 0 Å². The van der Waals surface area contributed by atoms with Crippen molar-refractivity contribution in [1.82, 2.24) is 24.5 Å². The number of aromatic carboxylic acids is 1. The molecule has 7 nitrogen and oxygen atoms in total. The summed E-state index contributed by atoms with van der Waals surface area (Å²) in [5, 5.41) is 18.2. The van der Waals surface area contributed by atoms with E-state index in [2.05, 4.69) is 15.2 Å². The molecule has 0 aliphatic rings. The normalized spacial score (nSPS) is 11.1. The molecule has 3 aromatic rings. The van der Waals surface area contributed by atoms with Gasteiger partial charge in [0.1, 0.15) is 5.56 Å². The fourth-order valence-corrected chi connectivity index (χ4v) is 2.02. The van der Waals surface area contributed by atoms with Crippen LogP contribution in [0.4, 0.5) is 0 Å². The molecule has 0 saturated carbocycles. The molecule has 0 aromatic carbocycles. The van der Waals surface area contributed by atoms with Gasteiger partial charge in [-0.05, 0) is 12.5 Å². The molecule has 0 unspecified atom stereocenters. The van der Waals surface area contributed by atoms with Gasteiger partial charge in [0.2, 0.25) is 0 Å². The van der Waals surface area contributed by atoms with Gasteiger partial charge in [0.15, 0.2) is 5.65 Å². The van der Waals surface area contributed by atoms with Crippen LogP contribution in [0.1, 0.15) is 15.9 Å². The van der Waals surface area contributed by atoms with Gasteiger partial charge in [-0.2, -0.15) is 10.2 Å². The largest absolute Gasteiger partial charge is 0.478 e. The van der Waals surface area contributed by atoms with Crippen LogP contribution >= 0.6 is 0 Å². The summed E-state index contributed by atoms with van der Waals surface area (Å²) in [6.45, 7) is 1.89. The number of pyridine rings is 1. The lowest BCUT2D eigenvalue weighted by Gasteiger charge is -2.07. The van der Waals surface area contributed by atoms with E-state index >= 15 is 0 Å². The summed E-state index contributed by atoms with van der Waals surface area (Å²) in [6, 6.07) is 0. The molecule has 1 N–H and O–H groups in total. The average molecular weight is 257 g/mol. The molecule has 0 saturated heterocycles. The number of aromatic nitrogens is 5. The Kier molecular flexibility index (Phi) is 2.34. The summed E-state index contributed by atoms with van der Waals surface area (Å²) in [7, 11) is 1.76. The number of carboxylic acids is 1. The SMILES string of the molecule is Cc1cnn(-c2c(C(=O)O)cnc3c2cnn3C)c1. The Morgan fingerprint density at radius 2 is 2.05 bits per heavy atom. The van der Waals surface area contributed by atoms with Crippen LogP contribution in [-0.4, -0.2) is 35.6 Å². The van der Waals surface area contributed by atoms with Gasteiger partial charge in [0.05, 0.1) is 23.5 Å². The molecular weight excluding hydrogens is 246 g/mol. The molecule has 0 radical (unpaired) electrons. The van der Waals surface area contributed by atoms with Crippen molar-refractivity contribution in [2.24, 2.45) is 7.05 Å². The van der Waals surface area contributed by atoms with E-state index in [9.17, 15) is 9.90 Å². The second-order valence-electron chi connectivity index (χ2n) is 4.29. The highest BCUT2D eigenvalue weighted by atomic mass is 16.4. The first kappa shape index (κ1) is 11.4. The van der Waals surface area contributed by atoms with Crippen LogP contribution in [0.15, 0.2) is 24.8 Å². The molecule has 3 heterocycles. The van der Waals surface area contributed by atoms with Crippen LogP contribution < -0.4 is 0 Å². The Labute approximate surface area is 108 Å². The average Bonchev–Trinajstić information content (AvgIpc) is 2.95. The highest BCUT2D eigenvalue weighted by Gasteiger charge is 2.18. The molecule has 0 aliphatic heterocycles. The van der Waals surface area contributed by atoms with Crippen LogP contribution in [0.25, 0.3) is 16.7 Å². The molecule has 19 heavy (non-hydrogen) atoms. The van der Waals surface area contributed by atoms with Gasteiger partial charge in [-0.1, -0.05) is 0 Å². The smallest absolute Gasteiger partial charge is 0.339 e. The van der Waals surface area contributed by atoms with E-state index in [0.717, 1.165) is 5.56 Å². The van der Waals surface area contributed by atoms with Gasteiger partial charge < -0.3 is 5.11 Å². The summed E-state index contributed by atoms with van der Waals surface area (Å²) < 4.78 is 3.14. The molecular formula is C12H11N5O2. The van der Waals surface area contributed by atoms with E-state index in [0.29, 0.717) is 16.7 Å². The van der Waals surface area contributed by atoms with Crippen LogP contribution in [0, 0.1) is 6.92 Å². The van der Waals surface area contributed by atoms with Crippen molar-refractivity contribution >= 4 is 17.0 Å². The topological polar surface area (TPSA) is 85.8 Å². The standard InChI is InChI=1S/C12H11N5O2/c1-7-3-15-17(6-7)10-8-5-14-16(2)11(8)13-4-9(10)12(18)19/h3-6H,1-2H3,(H,18,19). The number of hydrogen-bond donors (Lipinski definition) is 1. The zero-order valence-corrected chi connectivity index (χ0v) is 10.4. The predicted octanol–water partition coefficient (Wildman–Crippen LogP) is 1.16. The number of carboxylic acid groups (broad SMARTS) is 1. The van der Waals surface area contributed by atoms with Crippen LogP contribution in [-0.2, 0) is 7.05 Å². The quantitative estimate of drug-likeness (QED) is 0.744. The highest BCUT2D eigenvalue weighted by Crippen LogP contribution is 2.24. The van der Waals surface area contributed by atoms with E-state index in [1.54, 1.807) is 35.0 Å². The fourth-order valence-electron chi connectivity index (χ4n) is 2.02. The van der Waals surface area contributed by atoms with Crippen molar-refractivity contribution in [2.45, 2.75) is 6.92 Å². The molecule has 96 valence electrons. The lowest BCUT2D eigenvalue weighted by molar-refractivity contribution is 0.0696. The second-order valence-corrected chi connectivity index (χ2v) is 4.29. The summed E-state index contributed by atoms with van der Waals surface area (Å²) >= 11 is 0. The van der Waals surface area contributed by atoms with Crippen LogP contribution in [0.5, 0.6) is 0 Å². The number of hydrogen-bond acceptors (Lipinski definition) is 4. The molecule has 0 aliphatic carbocycles. The Bertz CT molecular complexity index is 787. The summed E-state index contributed by atoms with van der Waals surface area (Å²) in [4.78, 5) is 15.5. The van der Waals surface area contributed by atoms with Crippen molar-refractivity contribution < 1.29 is 9.90 Å². The lowest BCUT2D eigenvalue weighted by Crippen LogP contribution is -2.08. The third-order valence-corrected chi connectivity index (χ3v) is 2.90. The summed E-state index contributed by atoms with van der Waals surface area (Å²) in [5.74, 6) is -1.04. The van der Waals surface area contributed by atoms with Crippen molar-refractivity contribution in [1.29, 1.82) is 0 Å². The van der Waals surface area contributed by atoms with Gasteiger partial charge in [0, 0.05) is 19.4 Å². The Balaban J connectivity index is 2.41. The maximum Gasteiger partial charge on any atom is 0.339 e. The molecule has 7 heteroatoms. The number of rotatable bonds is 2. The molecule has 0 fully saturated rings. The van der Waals surface area contributed by atoms with Crippen LogP contribution in [0.3, 0.4) is 0 Å². The maximum atomic E-state index is 11.3. The Hall–Kier alpha value is -2.70. The molecule has 3 rings (SSSR count). The monoisotopic (exact) mass is 257 g/mol. The minimum atomic E-state index is -1.04. The molecule has 0 bridgehead atoms. The third kappa shape index (κ3) is 1.67. The number of fused-ring (bicyclic) bond motifs is 1. The first-order valence-corrected chi connectivity index (χ1v) is 5.63. The van der Waals surface area contributed by atoms with Gasteiger partial charge in [-0.25, -0.2) is 14.5 Å². The summed E-state index contributed by atoms with van der Waals surface area (Å²) in [6.07, 6.45) is 6.38. The number of nitrogens with zero attached hydrogens (tertiary/aromatic N) is 5. The maximum absolute atomic E-state index is 11.3.